The van der Waals surface area contributed by atoms with Gasteiger partial charge in [-0.25, -0.2) is 0 Å². The van der Waals surface area contributed by atoms with E-state index in [1.807, 2.05) is 4.90 Å². The number of aliphatic hydroxyl groups excluding tert-OH is 2. The molecule has 1 aromatic carbocycles. The Morgan fingerprint density at radius 1 is 1.24 bits per heavy atom. The second-order valence-corrected chi connectivity index (χ2v) is 5.14. The van der Waals surface area contributed by atoms with Crippen molar-refractivity contribution < 1.29 is 20.4 Å². The monoisotopic (exact) mass is 290 g/mol. The number of phenols is 2. The predicted molar refractivity (Wildman–Crippen MR) is 80.5 cm³/mol. The van der Waals surface area contributed by atoms with Crippen molar-refractivity contribution in [3.05, 3.63) is 23.4 Å². The molecular formula is C15H18N2O4. The van der Waals surface area contributed by atoms with Gasteiger partial charge in [-0.15, -0.1) is 0 Å². The summed E-state index contributed by atoms with van der Waals surface area (Å²) in [5, 5.41) is 39.8. The van der Waals surface area contributed by atoms with Crippen LogP contribution in [0.25, 0.3) is 17.0 Å². The normalized spacial score (nSPS) is 14.5. The summed E-state index contributed by atoms with van der Waals surface area (Å²) in [4.78, 5) is 1.94. The molecule has 0 spiro atoms. The number of hydrogen-bond donors (Lipinski definition) is 4. The molecule has 1 fully saturated rings. The Bertz CT molecular complexity index is 729. The molecule has 2 aromatic rings. The van der Waals surface area contributed by atoms with Crippen molar-refractivity contribution in [1.29, 1.82) is 0 Å². The summed E-state index contributed by atoms with van der Waals surface area (Å²) in [5.74, 6) is 0.133. The fraction of sp³-hybridized carbons (Fsp3) is 0.333. The number of aromatic nitrogens is 1. The van der Waals surface area contributed by atoms with Crippen LogP contribution in [0, 0.1) is 0 Å². The molecule has 0 aliphatic carbocycles. The van der Waals surface area contributed by atoms with Crippen molar-refractivity contribution in [2.75, 3.05) is 24.6 Å². The maximum atomic E-state index is 10.5. The zero-order valence-corrected chi connectivity index (χ0v) is 11.7. The zero-order chi connectivity index (χ0) is 15.1. The lowest BCUT2D eigenvalue weighted by molar-refractivity contribution is 0.282. The topological polar surface area (TPSA) is 88.9 Å². The fourth-order valence-corrected chi connectivity index (χ4v) is 2.78. The first kappa shape index (κ1) is 13.8. The molecule has 0 unspecified atom stereocenters. The Labute approximate surface area is 121 Å². The van der Waals surface area contributed by atoms with Gasteiger partial charge in [0.05, 0.1) is 29.8 Å². The van der Waals surface area contributed by atoms with Crippen LogP contribution in [-0.4, -0.2) is 44.7 Å². The second-order valence-electron chi connectivity index (χ2n) is 5.14. The van der Waals surface area contributed by atoms with Crippen molar-refractivity contribution in [2.45, 2.75) is 6.61 Å². The molecule has 0 radical (unpaired) electrons. The van der Waals surface area contributed by atoms with Crippen LogP contribution in [0.2, 0.25) is 0 Å². The number of benzene rings is 1. The number of nitrogens with zero attached hydrogens (tertiary/aromatic N) is 2. The van der Waals surface area contributed by atoms with E-state index in [0.717, 1.165) is 13.1 Å². The molecular weight excluding hydrogens is 272 g/mol. The molecule has 1 saturated heterocycles. The highest BCUT2D eigenvalue weighted by atomic mass is 16.3. The molecule has 6 heteroatoms. The third-order valence-corrected chi connectivity index (χ3v) is 3.87. The maximum Gasteiger partial charge on any atom is 0.148 e. The minimum Gasteiger partial charge on any atom is -0.506 e. The fourth-order valence-electron chi connectivity index (χ4n) is 2.78. The van der Waals surface area contributed by atoms with Crippen LogP contribution in [0.5, 0.6) is 11.5 Å². The van der Waals surface area contributed by atoms with Gasteiger partial charge in [-0.05, 0) is 6.08 Å². The van der Waals surface area contributed by atoms with Crippen LogP contribution < -0.4 is 4.90 Å². The number of aliphatic hydroxyl groups is 2. The molecule has 4 N–H and O–H groups in total. The summed E-state index contributed by atoms with van der Waals surface area (Å²) in [6, 6.07) is 1.55. The van der Waals surface area contributed by atoms with E-state index in [2.05, 4.69) is 0 Å². The number of aromatic hydroxyl groups is 2. The van der Waals surface area contributed by atoms with Crippen LogP contribution in [0.15, 0.2) is 12.1 Å². The summed E-state index contributed by atoms with van der Waals surface area (Å²) in [6.45, 7) is 1.30. The standard InChI is InChI=1S/C15H18N2O4/c1-16-10(3-2-6-18)9(8-19)13-14(16)12(20)7-11(15(13)21)17-4-5-17/h2-3,7,18-21H,4-6,8H2,1H3. The molecule has 6 nitrogen and oxygen atoms in total. The molecule has 1 aromatic heterocycles. The van der Waals surface area contributed by atoms with Crippen LogP contribution in [0.3, 0.4) is 0 Å². The Morgan fingerprint density at radius 2 is 1.95 bits per heavy atom. The summed E-state index contributed by atoms with van der Waals surface area (Å²) in [5.41, 5.74) is 2.24. The van der Waals surface area contributed by atoms with Crippen molar-refractivity contribution >= 4 is 22.7 Å². The van der Waals surface area contributed by atoms with E-state index < -0.39 is 0 Å². The molecule has 21 heavy (non-hydrogen) atoms. The lowest BCUT2D eigenvalue weighted by Crippen LogP contribution is -1.94. The summed E-state index contributed by atoms with van der Waals surface area (Å²) < 4.78 is 1.70. The minimum absolute atomic E-state index is 0.0607. The predicted octanol–water partition coefficient (Wildman–Crippen LogP) is 0.907. The van der Waals surface area contributed by atoms with Crippen LogP contribution in [-0.2, 0) is 13.7 Å². The van der Waals surface area contributed by atoms with Crippen molar-refractivity contribution in [3.8, 4) is 11.5 Å². The molecule has 0 saturated carbocycles. The van der Waals surface area contributed by atoms with Gasteiger partial charge in [-0.1, -0.05) is 6.08 Å². The zero-order valence-electron chi connectivity index (χ0n) is 11.7. The van der Waals surface area contributed by atoms with Gasteiger partial charge in [-0.3, -0.25) is 0 Å². The van der Waals surface area contributed by atoms with Crippen molar-refractivity contribution in [1.82, 2.24) is 4.57 Å². The highest BCUT2D eigenvalue weighted by Crippen LogP contribution is 2.45. The van der Waals surface area contributed by atoms with Gasteiger partial charge < -0.3 is 29.9 Å². The lowest BCUT2D eigenvalue weighted by Gasteiger charge is -2.10. The minimum atomic E-state index is -0.265. The molecule has 3 rings (SSSR count). The highest BCUT2D eigenvalue weighted by molar-refractivity contribution is 6.01. The summed E-state index contributed by atoms with van der Waals surface area (Å²) in [6.07, 6.45) is 3.22. The first-order valence-electron chi connectivity index (χ1n) is 6.79. The van der Waals surface area contributed by atoms with Gasteiger partial charge in [0.1, 0.15) is 11.5 Å². The van der Waals surface area contributed by atoms with E-state index >= 15 is 0 Å². The number of aryl methyl sites for hydroxylation is 1. The molecule has 1 aliphatic heterocycles. The summed E-state index contributed by atoms with van der Waals surface area (Å²) in [7, 11) is 1.74. The van der Waals surface area contributed by atoms with Crippen molar-refractivity contribution in [2.24, 2.45) is 7.05 Å². The number of fused-ring (bicyclic) bond motifs is 1. The van der Waals surface area contributed by atoms with Gasteiger partial charge in [0.2, 0.25) is 0 Å². The third-order valence-electron chi connectivity index (χ3n) is 3.87. The van der Waals surface area contributed by atoms with E-state index in [0.29, 0.717) is 27.8 Å². The number of hydrogen-bond acceptors (Lipinski definition) is 5. The largest absolute Gasteiger partial charge is 0.506 e. The number of phenolic OH excluding ortho intramolecular Hbond substituents is 2. The highest BCUT2D eigenvalue weighted by Gasteiger charge is 2.27. The van der Waals surface area contributed by atoms with Crippen molar-refractivity contribution in [3.63, 3.8) is 0 Å². The van der Waals surface area contributed by atoms with E-state index in [1.54, 1.807) is 29.8 Å². The molecule has 0 bridgehead atoms. The van der Waals surface area contributed by atoms with Crippen LogP contribution >= 0.6 is 0 Å². The Balaban J connectivity index is 2.36. The number of anilines is 1. The smallest absolute Gasteiger partial charge is 0.148 e. The van der Waals surface area contributed by atoms with Gasteiger partial charge in [0, 0.05) is 37.5 Å². The Kier molecular flexibility index (Phi) is 3.27. The van der Waals surface area contributed by atoms with Crippen LogP contribution in [0.4, 0.5) is 5.69 Å². The first-order valence-corrected chi connectivity index (χ1v) is 6.79. The SMILES string of the molecule is Cn1c(C=CCO)c(CO)c2c(O)c(N3CC3)cc(O)c21. The third kappa shape index (κ3) is 2.03. The van der Waals surface area contributed by atoms with Gasteiger partial charge in [-0.2, -0.15) is 0 Å². The van der Waals surface area contributed by atoms with E-state index in [4.69, 9.17) is 5.11 Å². The van der Waals surface area contributed by atoms with Crippen LogP contribution in [0.1, 0.15) is 11.3 Å². The van der Waals surface area contributed by atoms with E-state index in [1.165, 1.54) is 0 Å². The Hall–Kier alpha value is -2.18. The summed E-state index contributed by atoms with van der Waals surface area (Å²) >= 11 is 0. The molecule has 0 amide bonds. The van der Waals surface area contributed by atoms with E-state index in [9.17, 15) is 15.3 Å². The molecule has 112 valence electrons. The second kappa shape index (κ2) is 4.98. The molecule has 1 aliphatic rings. The van der Waals surface area contributed by atoms with Gasteiger partial charge in [0.25, 0.3) is 0 Å². The average molecular weight is 290 g/mol. The Morgan fingerprint density at radius 3 is 2.52 bits per heavy atom. The quantitative estimate of drug-likeness (QED) is 0.496. The lowest BCUT2D eigenvalue weighted by atomic mass is 10.1. The van der Waals surface area contributed by atoms with Gasteiger partial charge in [0.15, 0.2) is 0 Å². The average Bonchev–Trinajstić information content (AvgIpc) is 3.25. The van der Waals surface area contributed by atoms with E-state index in [-0.39, 0.29) is 24.7 Å². The molecule has 0 atom stereocenters. The first-order chi connectivity index (χ1) is 10.1. The maximum absolute atomic E-state index is 10.5. The number of rotatable bonds is 4. The van der Waals surface area contributed by atoms with Gasteiger partial charge >= 0.3 is 0 Å². The molecule has 2 heterocycles.